The van der Waals surface area contributed by atoms with Crippen molar-refractivity contribution in [1.82, 2.24) is 9.88 Å². The van der Waals surface area contributed by atoms with Gasteiger partial charge in [-0.1, -0.05) is 31.5 Å². The molecule has 4 rings (SSSR count). The molecule has 2 N–H and O–H groups in total. The molecule has 144 valence electrons. The molecule has 1 aliphatic heterocycles. The maximum atomic E-state index is 12.9. The van der Waals surface area contributed by atoms with Gasteiger partial charge in [-0.3, -0.25) is 4.79 Å². The highest BCUT2D eigenvalue weighted by atomic mass is 16.5. The van der Waals surface area contributed by atoms with Crippen molar-refractivity contribution in [2.24, 2.45) is 0 Å². The van der Waals surface area contributed by atoms with Gasteiger partial charge in [-0.25, -0.2) is 0 Å². The van der Waals surface area contributed by atoms with Gasteiger partial charge in [0.2, 0.25) is 5.78 Å². The number of aromatic hydroxyl groups is 1. The van der Waals surface area contributed by atoms with Crippen LogP contribution < -0.4 is 4.74 Å². The highest BCUT2D eigenvalue weighted by Gasteiger charge is 2.31. The van der Waals surface area contributed by atoms with Crippen molar-refractivity contribution in [3.05, 3.63) is 65.0 Å². The maximum Gasteiger partial charge on any atom is 0.231 e. The first kappa shape index (κ1) is 18.3. The van der Waals surface area contributed by atoms with E-state index >= 15 is 0 Å². The van der Waals surface area contributed by atoms with Gasteiger partial charge in [-0.15, -0.1) is 0 Å². The molecule has 5 heteroatoms. The van der Waals surface area contributed by atoms with Crippen molar-refractivity contribution in [1.29, 1.82) is 0 Å². The van der Waals surface area contributed by atoms with Crippen LogP contribution in [0, 0.1) is 0 Å². The summed E-state index contributed by atoms with van der Waals surface area (Å²) >= 11 is 0. The summed E-state index contributed by atoms with van der Waals surface area (Å²) in [6.45, 7) is 3.60. The number of ether oxygens (including phenoxy) is 1. The van der Waals surface area contributed by atoms with E-state index in [9.17, 15) is 9.90 Å². The highest BCUT2D eigenvalue weighted by Crippen LogP contribution is 2.40. The molecule has 5 nitrogen and oxygen atoms in total. The van der Waals surface area contributed by atoms with E-state index in [0.717, 1.165) is 35.9 Å². The van der Waals surface area contributed by atoms with Crippen LogP contribution in [0.4, 0.5) is 0 Å². The lowest BCUT2D eigenvalue weighted by Gasteiger charge is -2.18. The number of ketones is 1. The number of allylic oxidation sites excluding steroid dienone is 1. The Hall–Kier alpha value is -3.05. The van der Waals surface area contributed by atoms with Gasteiger partial charge in [-0.05, 0) is 44.3 Å². The number of nitrogens with one attached hydrogen (secondary N) is 1. The number of para-hydroxylation sites is 1. The monoisotopic (exact) mass is 376 g/mol. The fourth-order valence-corrected chi connectivity index (χ4v) is 3.58. The van der Waals surface area contributed by atoms with Crippen LogP contribution in [0.2, 0.25) is 0 Å². The molecule has 2 aromatic carbocycles. The van der Waals surface area contributed by atoms with E-state index in [2.05, 4.69) is 16.8 Å². The number of phenols is 1. The van der Waals surface area contributed by atoms with Gasteiger partial charge in [-0.2, -0.15) is 0 Å². The smallest absolute Gasteiger partial charge is 0.231 e. The van der Waals surface area contributed by atoms with Crippen molar-refractivity contribution in [2.75, 3.05) is 13.6 Å². The Kier molecular flexibility index (Phi) is 4.92. The lowest BCUT2D eigenvalue weighted by molar-refractivity contribution is 0.101. The van der Waals surface area contributed by atoms with Crippen molar-refractivity contribution < 1.29 is 14.6 Å². The first-order chi connectivity index (χ1) is 13.6. The maximum absolute atomic E-state index is 12.9. The first-order valence-electron chi connectivity index (χ1n) is 9.62. The molecule has 0 unspecified atom stereocenters. The number of benzene rings is 2. The molecule has 0 radical (unpaired) electrons. The third-order valence-corrected chi connectivity index (χ3v) is 5.15. The zero-order valence-corrected chi connectivity index (χ0v) is 16.2. The van der Waals surface area contributed by atoms with E-state index in [-0.39, 0.29) is 17.3 Å². The fourth-order valence-electron chi connectivity index (χ4n) is 3.58. The summed E-state index contributed by atoms with van der Waals surface area (Å²) in [5.41, 5.74) is 3.07. The summed E-state index contributed by atoms with van der Waals surface area (Å²) in [6, 6.07) is 11.1. The van der Waals surface area contributed by atoms with E-state index in [1.165, 1.54) is 0 Å². The Balaban J connectivity index is 1.67. The van der Waals surface area contributed by atoms with Gasteiger partial charge in [0.1, 0.15) is 11.5 Å². The molecule has 1 aromatic heterocycles. The number of unbranched alkanes of at least 4 members (excludes halogenated alkanes) is 1. The summed E-state index contributed by atoms with van der Waals surface area (Å²) in [4.78, 5) is 18.2. The molecule has 0 spiro atoms. The molecular formula is C23H24N2O3. The predicted octanol–water partition coefficient (Wildman–Crippen LogP) is 4.72. The summed E-state index contributed by atoms with van der Waals surface area (Å²) < 4.78 is 5.97. The Morgan fingerprint density at radius 3 is 2.86 bits per heavy atom. The van der Waals surface area contributed by atoms with Crippen molar-refractivity contribution in [3.63, 3.8) is 0 Å². The second-order valence-electron chi connectivity index (χ2n) is 7.26. The molecule has 2 heterocycles. The molecule has 3 aromatic rings. The van der Waals surface area contributed by atoms with E-state index in [1.807, 2.05) is 37.5 Å². The van der Waals surface area contributed by atoms with Gasteiger partial charge < -0.3 is 19.7 Å². The normalized spacial score (nSPS) is 14.8. The number of phenolic OH excluding ortho intramolecular Hbond substituents is 1. The van der Waals surface area contributed by atoms with Crippen LogP contribution in [0.5, 0.6) is 11.5 Å². The van der Waals surface area contributed by atoms with Crippen LogP contribution in [-0.2, 0) is 6.54 Å². The molecule has 28 heavy (non-hydrogen) atoms. The molecule has 0 fully saturated rings. The average molecular weight is 376 g/mol. The van der Waals surface area contributed by atoms with Gasteiger partial charge >= 0.3 is 0 Å². The zero-order valence-electron chi connectivity index (χ0n) is 16.2. The number of hydrogen-bond donors (Lipinski definition) is 2. The van der Waals surface area contributed by atoms with Gasteiger partial charge in [0, 0.05) is 29.2 Å². The second kappa shape index (κ2) is 7.52. The topological polar surface area (TPSA) is 65.6 Å². The van der Waals surface area contributed by atoms with Crippen LogP contribution in [0.3, 0.4) is 0 Å². The number of aromatic nitrogens is 1. The SMILES string of the molecule is CCCCN(C)Cc1c(O)ccc2c1O/C(=C/c1c[nH]c3ccccc13)C2=O. The van der Waals surface area contributed by atoms with Crippen LogP contribution >= 0.6 is 0 Å². The highest BCUT2D eigenvalue weighted by molar-refractivity contribution is 6.15. The van der Waals surface area contributed by atoms with Crippen LogP contribution in [-0.4, -0.2) is 34.4 Å². The number of carbonyl (C=O) groups excluding carboxylic acids is 1. The first-order valence-corrected chi connectivity index (χ1v) is 9.62. The van der Waals surface area contributed by atoms with E-state index < -0.39 is 0 Å². The molecule has 0 bridgehead atoms. The van der Waals surface area contributed by atoms with Crippen LogP contribution in [0.25, 0.3) is 17.0 Å². The number of fused-ring (bicyclic) bond motifs is 2. The van der Waals surface area contributed by atoms with Gasteiger partial charge in [0.25, 0.3) is 0 Å². The minimum Gasteiger partial charge on any atom is -0.507 e. The van der Waals surface area contributed by atoms with Gasteiger partial charge in [0.15, 0.2) is 5.76 Å². The molecule has 0 aliphatic carbocycles. The molecule has 1 aliphatic rings. The quantitative estimate of drug-likeness (QED) is 0.611. The number of aromatic amines is 1. The molecule has 0 saturated heterocycles. The Bertz CT molecular complexity index is 1060. The predicted molar refractivity (Wildman–Crippen MR) is 111 cm³/mol. The summed E-state index contributed by atoms with van der Waals surface area (Å²) in [5, 5.41) is 11.4. The number of H-pyrrole nitrogens is 1. The van der Waals surface area contributed by atoms with E-state index in [0.29, 0.717) is 23.4 Å². The number of Topliss-reactive ketones (excluding diaryl/α,β-unsaturated/α-hetero) is 1. The van der Waals surface area contributed by atoms with Crippen LogP contribution in [0.15, 0.2) is 48.4 Å². The summed E-state index contributed by atoms with van der Waals surface area (Å²) in [5.74, 6) is 0.753. The molecule has 0 atom stereocenters. The summed E-state index contributed by atoms with van der Waals surface area (Å²) in [6.07, 6.45) is 5.82. The molecule has 0 amide bonds. The number of hydrogen-bond acceptors (Lipinski definition) is 4. The minimum atomic E-state index is -0.155. The van der Waals surface area contributed by atoms with Crippen molar-refractivity contribution >= 4 is 22.8 Å². The van der Waals surface area contributed by atoms with Gasteiger partial charge in [0.05, 0.1) is 11.1 Å². The zero-order chi connectivity index (χ0) is 19.7. The lowest BCUT2D eigenvalue weighted by Crippen LogP contribution is -2.19. The molecule has 0 saturated carbocycles. The number of nitrogens with zero attached hydrogens (tertiary/aromatic N) is 1. The second-order valence-corrected chi connectivity index (χ2v) is 7.26. The fraction of sp³-hybridized carbons (Fsp3) is 0.261. The number of rotatable bonds is 6. The Morgan fingerprint density at radius 2 is 2.04 bits per heavy atom. The standard InChI is InChI=1S/C23H24N2O3/c1-3-4-11-25(2)14-18-20(26)10-9-17-22(27)21(28-23(17)18)12-15-13-24-19-8-6-5-7-16(15)19/h5-10,12-13,24,26H,3-4,11,14H2,1-2H3/b21-12+. The largest absolute Gasteiger partial charge is 0.507 e. The minimum absolute atomic E-state index is 0.155. The van der Waals surface area contributed by atoms with Crippen molar-refractivity contribution in [3.8, 4) is 11.5 Å². The van der Waals surface area contributed by atoms with E-state index in [1.54, 1.807) is 18.2 Å². The summed E-state index contributed by atoms with van der Waals surface area (Å²) in [7, 11) is 2.01. The Morgan fingerprint density at radius 1 is 1.21 bits per heavy atom. The van der Waals surface area contributed by atoms with Crippen molar-refractivity contribution in [2.45, 2.75) is 26.3 Å². The average Bonchev–Trinajstić information content (AvgIpc) is 3.24. The molecular weight excluding hydrogens is 352 g/mol. The number of carbonyl (C=O) groups is 1. The third-order valence-electron chi connectivity index (χ3n) is 5.15. The lowest BCUT2D eigenvalue weighted by atomic mass is 10.0. The Labute approximate surface area is 164 Å². The van der Waals surface area contributed by atoms with E-state index in [4.69, 9.17) is 4.74 Å². The third kappa shape index (κ3) is 3.29. The van der Waals surface area contributed by atoms with Crippen LogP contribution in [0.1, 0.15) is 41.3 Å².